The van der Waals surface area contributed by atoms with Crippen molar-refractivity contribution in [3.63, 3.8) is 0 Å². The second-order valence-corrected chi connectivity index (χ2v) is 8.26. The molecule has 0 bridgehead atoms. The van der Waals surface area contributed by atoms with Crippen LogP contribution < -0.4 is 15.4 Å². The molecule has 140 valence electrons. The van der Waals surface area contributed by atoms with Crippen molar-refractivity contribution in [2.45, 2.75) is 33.6 Å². The van der Waals surface area contributed by atoms with Crippen molar-refractivity contribution >= 4 is 55.6 Å². The van der Waals surface area contributed by atoms with Gasteiger partial charge in [-0.3, -0.25) is 10.1 Å². The number of nitrogens with one attached hydrogen (secondary N) is 2. The summed E-state index contributed by atoms with van der Waals surface area (Å²) in [6.45, 7) is 6.93. The van der Waals surface area contributed by atoms with E-state index in [9.17, 15) is 4.79 Å². The molecule has 0 aliphatic rings. The highest BCUT2D eigenvalue weighted by Crippen LogP contribution is 2.26. The van der Waals surface area contributed by atoms with Crippen molar-refractivity contribution in [2.75, 3.05) is 11.9 Å². The third kappa shape index (κ3) is 6.30. The minimum absolute atomic E-state index is 0.183. The maximum Gasteiger partial charge on any atom is 0.257 e. The van der Waals surface area contributed by atoms with E-state index in [1.54, 1.807) is 18.2 Å². The van der Waals surface area contributed by atoms with E-state index < -0.39 is 0 Å². The smallest absolute Gasteiger partial charge is 0.257 e. The molecule has 0 saturated heterocycles. The fourth-order valence-corrected chi connectivity index (χ4v) is 3.35. The van der Waals surface area contributed by atoms with Crippen LogP contribution in [0.3, 0.4) is 0 Å². The van der Waals surface area contributed by atoms with Crippen LogP contribution in [-0.4, -0.2) is 27.8 Å². The largest absolute Gasteiger partial charge is 0.492 e. The number of thiocarbonyl (C=S) groups is 1. The number of carbonyl (C=O) groups is 1. The van der Waals surface area contributed by atoms with Gasteiger partial charge in [0.25, 0.3) is 5.91 Å². The van der Waals surface area contributed by atoms with Crippen molar-refractivity contribution < 1.29 is 9.53 Å². The predicted octanol–water partition coefficient (Wildman–Crippen LogP) is 4.41. The van der Waals surface area contributed by atoms with Gasteiger partial charge in [0.05, 0.1) is 11.1 Å². The normalized spacial score (nSPS) is 10.7. The molecule has 0 saturated carbocycles. The molecule has 1 heterocycles. The van der Waals surface area contributed by atoms with E-state index in [0.29, 0.717) is 29.0 Å². The van der Waals surface area contributed by atoms with E-state index in [0.717, 1.165) is 22.3 Å². The number of amides is 1. The lowest BCUT2D eigenvalue weighted by atomic mass is 10.1. The number of rotatable bonds is 7. The van der Waals surface area contributed by atoms with E-state index in [1.165, 1.54) is 11.3 Å². The topological polar surface area (TPSA) is 76.1 Å². The Balaban J connectivity index is 1.92. The van der Waals surface area contributed by atoms with Crippen LogP contribution in [0.15, 0.2) is 22.7 Å². The Hall–Kier alpha value is -1.58. The monoisotopic (exact) mass is 456 g/mol. The highest BCUT2D eigenvalue weighted by atomic mass is 79.9. The molecule has 9 heteroatoms. The van der Waals surface area contributed by atoms with Crippen LogP contribution >= 0.6 is 39.5 Å². The van der Waals surface area contributed by atoms with Crippen molar-refractivity contribution in [2.24, 2.45) is 5.92 Å². The molecule has 0 fully saturated rings. The number of ether oxygens (including phenoxy) is 1. The van der Waals surface area contributed by atoms with Crippen LogP contribution in [0, 0.1) is 5.92 Å². The molecule has 1 aromatic carbocycles. The lowest BCUT2D eigenvalue weighted by Gasteiger charge is -2.11. The first-order valence-electron chi connectivity index (χ1n) is 8.26. The quantitative estimate of drug-likeness (QED) is 0.600. The standard InChI is InChI=1S/C17H21BrN4O2S2/c1-4-14-21-22-17(26-14)20-16(25)19-15(23)11-5-6-13(12(18)9-11)24-8-7-10(2)3/h5-6,9-10H,4,7-8H2,1-3H3,(H2,19,20,22,23,25). The molecule has 1 aromatic heterocycles. The maximum absolute atomic E-state index is 12.3. The van der Waals surface area contributed by atoms with E-state index in [4.69, 9.17) is 17.0 Å². The zero-order chi connectivity index (χ0) is 19.1. The second-order valence-electron chi connectivity index (χ2n) is 5.94. The molecule has 26 heavy (non-hydrogen) atoms. The summed E-state index contributed by atoms with van der Waals surface area (Å²) in [6.07, 6.45) is 1.78. The van der Waals surface area contributed by atoms with Crippen LogP contribution in [0.25, 0.3) is 0 Å². The summed E-state index contributed by atoms with van der Waals surface area (Å²) in [5, 5.41) is 15.1. The number of anilines is 1. The first kappa shape index (κ1) is 20.7. The lowest BCUT2D eigenvalue weighted by Crippen LogP contribution is -2.34. The lowest BCUT2D eigenvalue weighted by molar-refractivity contribution is 0.0977. The molecule has 0 aliphatic heterocycles. The fourth-order valence-electron chi connectivity index (χ4n) is 1.91. The Morgan fingerprint density at radius 3 is 2.77 bits per heavy atom. The number of aryl methyl sites for hydroxylation is 1. The van der Waals surface area contributed by atoms with Crippen molar-refractivity contribution in [1.82, 2.24) is 15.5 Å². The van der Waals surface area contributed by atoms with Crippen molar-refractivity contribution in [3.05, 3.63) is 33.2 Å². The SMILES string of the molecule is CCc1nnc(NC(=S)NC(=O)c2ccc(OCCC(C)C)c(Br)c2)s1. The number of aromatic nitrogens is 2. The van der Waals surface area contributed by atoms with E-state index in [1.807, 2.05) is 6.92 Å². The van der Waals surface area contributed by atoms with Gasteiger partial charge in [0, 0.05) is 5.56 Å². The van der Waals surface area contributed by atoms with E-state index in [-0.39, 0.29) is 11.0 Å². The van der Waals surface area contributed by atoms with Gasteiger partial charge in [-0.15, -0.1) is 10.2 Å². The van der Waals surface area contributed by atoms with Gasteiger partial charge in [0.2, 0.25) is 5.13 Å². The van der Waals surface area contributed by atoms with Gasteiger partial charge in [-0.05, 0) is 65.1 Å². The fraction of sp³-hybridized carbons (Fsp3) is 0.412. The molecule has 0 radical (unpaired) electrons. The summed E-state index contributed by atoms with van der Waals surface area (Å²) >= 11 is 10.0. The average Bonchev–Trinajstić information content (AvgIpc) is 3.03. The van der Waals surface area contributed by atoms with Crippen LogP contribution in [0.1, 0.15) is 42.6 Å². The minimum atomic E-state index is -0.308. The van der Waals surface area contributed by atoms with Gasteiger partial charge in [0.1, 0.15) is 10.8 Å². The van der Waals surface area contributed by atoms with Crippen LogP contribution in [0.2, 0.25) is 0 Å². The first-order chi connectivity index (χ1) is 12.4. The Labute approximate surface area is 170 Å². The van der Waals surface area contributed by atoms with E-state index >= 15 is 0 Å². The summed E-state index contributed by atoms with van der Waals surface area (Å²) in [4.78, 5) is 12.3. The average molecular weight is 457 g/mol. The Morgan fingerprint density at radius 2 is 2.15 bits per heavy atom. The molecule has 6 nitrogen and oxygen atoms in total. The molecule has 0 aliphatic carbocycles. The summed E-state index contributed by atoms with van der Waals surface area (Å²) in [6, 6.07) is 5.18. The molecule has 2 N–H and O–H groups in total. The molecule has 2 aromatic rings. The zero-order valence-corrected chi connectivity index (χ0v) is 18.1. The van der Waals surface area contributed by atoms with Crippen LogP contribution in [0.4, 0.5) is 5.13 Å². The third-order valence-corrected chi connectivity index (χ3v) is 5.17. The van der Waals surface area contributed by atoms with Gasteiger partial charge in [-0.2, -0.15) is 0 Å². The molecule has 2 rings (SSSR count). The Morgan fingerprint density at radius 1 is 1.38 bits per heavy atom. The molecule has 0 spiro atoms. The summed E-state index contributed by atoms with van der Waals surface area (Å²) < 4.78 is 6.45. The third-order valence-electron chi connectivity index (χ3n) is 3.36. The van der Waals surface area contributed by atoms with Gasteiger partial charge < -0.3 is 10.1 Å². The summed E-state index contributed by atoms with van der Waals surface area (Å²) in [5.74, 6) is 0.981. The molecular formula is C17H21BrN4O2S2. The number of benzene rings is 1. The predicted molar refractivity (Wildman–Crippen MR) is 112 cm³/mol. The van der Waals surface area contributed by atoms with Gasteiger partial charge in [0.15, 0.2) is 5.11 Å². The van der Waals surface area contributed by atoms with E-state index in [2.05, 4.69) is 50.6 Å². The number of hydrogen-bond donors (Lipinski definition) is 2. The van der Waals surface area contributed by atoms with Crippen molar-refractivity contribution in [3.8, 4) is 5.75 Å². The molecule has 1 amide bonds. The first-order valence-corrected chi connectivity index (χ1v) is 10.3. The zero-order valence-electron chi connectivity index (χ0n) is 14.8. The highest BCUT2D eigenvalue weighted by molar-refractivity contribution is 9.10. The summed E-state index contributed by atoms with van der Waals surface area (Å²) in [5.41, 5.74) is 0.476. The van der Waals surface area contributed by atoms with Gasteiger partial charge in [-0.25, -0.2) is 0 Å². The van der Waals surface area contributed by atoms with Crippen LogP contribution in [0.5, 0.6) is 5.75 Å². The maximum atomic E-state index is 12.3. The van der Waals surface area contributed by atoms with Gasteiger partial charge in [-0.1, -0.05) is 32.1 Å². The Kier molecular flexibility index (Phi) is 7.92. The number of hydrogen-bond acceptors (Lipinski definition) is 6. The van der Waals surface area contributed by atoms with Crippen molar-refractivity contribution in [1.29, 1.82) is 0 Å². The second kappa shape index (κ2) is 9.94. The number of carbonyl (C=O) groups excluding carboxylic acids is 1. The minimum Gasteiger partial charge on any atom is -0.492 e. The highest BCUT2D eigenvalue weighted by Gasteiger charge is 2.12. The Bertz CT molecular complexity index is 780. The number of nitrogens with zero attached hydrogens (tertiary/aromatic N) is 2. The molecular weight excluding hydrogens is 436 g/mol. The number of halogens is 1. The molecule has 0 unspecified atom stereocenters. The summed E-state index contributed by atoms with van der Waals surface area (Å²) in [7, 11) is 0. The van der Waals surface area contributed by atoms with Gasteiger partial charge >= 0.3 is 0 Å². The molecule has 0 atom stereocenters. The van der Waals surface area contributed by atoms with Crippen LogP contribution in [-0.2, 0) is 6.42 Å².